The van der Waals surface area contributed by atoms with E-state index in [4.69, 9.17) is 19.9 Å². The maximum Gasteiger partial charge on any atom is 0.488 e. The number of hydrogen-bond acceptors (Lipinski definition) is 6. The summed E-state index contributed by atoms with van der Waals surface area (Å²) in [6.45, 7) is 4.19. The van der Waals surface area contributed by atoms with Crippen molar-refractivity contribution < 1.29 is 10.0 Å². The molecule has 0 radical (unpaired) electrons. The molecule has 0 amide bonds. The standard InChI is InChI=1S/C54H36N2.C29H21BrN2.C25H17BO2/c1-35-22-24-39(25-23-35)53-55-51(34-52(56-53)42-15-11-14-40(32-42)36-12-3-2-4-13-36)38-28-26-37(27-29-38)41-30-31-46-45-18-7-10-21-49(45)54(50(46)33-41)47-19-8-5-16-43(47)44-17-6-9-20-48(44)54;1-20-10-12-23(13-11-20)29-31-27(22-14-16-26(30)17-15-22)19-28(32-29)25-9-5-8-24(18-25)21-6-3-2-4-7-21;27-26(28)16-13-14-20-19-9-3-6-12-23(19)25(24(20)15-16)21-10-4-1-7-17(21)18-8-2-5-11-22(18)25/h2-34H,1H3;2-19H,1H3;1-15,27-28H. The van der Waals surface area contributed by atoms with Gasteiger partial charge in [0.15, 0.2) is 11.6 Å². The number of aryl methyl sites for hydroxylation is 2. The molecule has 2 heterocycles. The number of halogens is 1. The Balaban J connectivity index is 0.000000122. The van der Waals surface area contributed by atoms with Gasteiger partial charge in [-0.25, -0.2) is 19.9 Å². The maximum absolute atomic E-state index is 9.85. The smallest absolute Gasteiger partial charge is 0.423 e. The highest BCUT2D eigenvalue weighted by Gasteiger charge is 2.53. The van der Waals surface area contributed by atoms with Crippen LogP contribution in [0.3, 0.4) is 0 Å². The second kappa shape index (κ2) is 29.6. The number of fused-ring (bicyclic) bond motifs is 20. The average Bonchev–Trinajstić information content (AvgIpc) is 1.51. The van der Waals surface area contributed by atoms with E-state index in [0.29, 0.717) is 11.3 Å². The molecule has 2 N–H and O–H groups in total. The van der Waals surface area contributed by atoms with Gasteiger partial charge in [-0.05, 0) is 184 Å². The van der Waals surface area contributed by atoms with Crippen molar-refractivity contribution in [3.05, 3.63) is 460 Å². The maximum atomic E-state index is 9.85. The first-order valence-electron chi connectivity index (χ1n) is 39.4. The van der Waals surface area contributed by atoms with Crippen molar-refractivity contribution in [2.75, 3.05) is 0 Å². The lowest BCUT2D eigenvalue weighted by molar-refractivity contribution is 0.425. The zero-order chi connectivity index (χ0) is 78.0. The molecule has 4 aliphatic carbocycles. The van der Waals surface area contributed by atoms with Gasteiger partial charge in [-0.15, -0.1) is 0 Å². The van der Waals surface area contributed by atoms with Gasteiger partial charge >= 0.3 is 7.12 Å². The second-order valence-electron chi connectivity index (χ2n) is 30.3. The van der Waals surface area contributed by atoms with E-state index in [1.54, 1.807) is 0 Å². The van der Waals surface area contributed by atoms with Crippen molar-refractivity contribution in [3.63, 3.8) is 0 Å². The van der Waals surface area contributed by atoms with Crippen LogP contribution in [-0.2, 0) is 10.8 Å². The van der Waals surface area contributed by atoms with Crippen LogP contribution in [0.5, 0.6) is 0 Å². The predicted octanol–water partition coefficient (Wildman–Crippen LogP) is 25.4. The normalized spacial score (nSPS) is 12.7. The first kappa shape index (κ1) is 71.2. The van der Waals surface area contributed by atoms with Crippen LogP contribution in [0.15, 0.2) is 405 Å². The van der Waals surface area contributed by atoms with Crippen LogP contribution in [0.1, 0.15) is 55.6 Å². The number of nitrogens with zero attached hydrogens (tertiary/aromatic N) is 4. The molecule has 0 fully saturated rings. The van der Waals surface area contributed by atoms with Crippen molar-refractivity contribution in [2.45, 2.75) is 24.7 Å². The molecule has 0 unspecified atom stereocenters. The molecule has 18 aromatic rings. The van der Waals surface area contributed by atoms with Crippen molar-refractivity contribution in [2.24, 2.45) is 0 Å². The van der Waals surface area contributed by atoms with Gasteiger partial charge in [0, 0.05) is 37.9 Å². The summed E-state index contributed by atoms with van der Waals surface area (Å²) in [7, 11) is -1.49. The summed E-state index contributed by atoms with van der Waals surface area (Å²) in [4.78, 5) is 20.2. The lowest BCUT2D eigenvalue weighted by atomic mass is 9.68. The molecule has 0 bridgehead atoms. The second-order valence-corrected chi connectivity index (χ2v) is 31.3. The Hall–Kier alpha value is -13.9. The molecular formula is C108H74BBrN4O2. The Morgan fingerprint density at radius 1 is 0.216 bits per heavy atom. The topological polar surface area (TPSA) is 92.0 Å². The third kappa shape index (κ3) is 12.4. The van der Waals surface area contributed by atoms with Gasteiger partial charge in [-0.2, -0.15) is 0 Å². The van der Waals surface area contributed by atoms with E-state index in [1.807, 2.05) is 36.4 Å². The highest BCUT2D eigenvalue weighted by molar-refractivity contribution is 9.10. The minimum absolute atomic E-state index is 0.364. The van der Waals surface area contributed by atoms with Crippen molar-refractivity contribution in [1.82, 2.24) is 19.9 Å². The lowest BCUT2D eigenvalue weighted by Gasteiger charge is -2.30. The Kier molecular flexibility index (Phi) is 18.2. The fraction of sp³-hybridized carbons (Fsp3) is 0.0370. The van der Waals surface area contributed by atoms with Gasteiger partial charge in [0.1, 0.15) is 0 Å². The van der Waals surface area contributed by atoms with Gasteiger partial charge < -0.3 is 10.0 Å². The fourth-order valence-corrected chi connectivity index (χ4v) is 18.4. The Morgan fingerprint density at radius 2 is 0.483 bits per heavy atom. The number of benzene rings is 16. The first-order chi connectivity index (χ1) is 57.0. The SMILES string of the molecule is Cc1ccc(-c2nc(-c3ccc(-c4ccc5c(c4)C4(c6ccccc6-c6ccccc64)c4ccccc4-5)cc3)cc(-c3cccc(-c4ccccc4)c3)n2)cc1.Cc1ccc(-c2nc(-c3ccc(Br)cc3)cc(-c3cccc(-c4ccccc4)c3)n2)cc1.OB(O)c1ccc2c(c1)C1(c3ccccc3-c3ccccc31)c1ccccc1-2. The number of aromatic nitrogens is 4. The molecule has 2 aromatic heterocycles. The summed E-state index contributed by atoms with van der Waals surface area (Å²) in [5.74, 6) is 1.44. The van der Waals surface area contributed by atoms with Crippen LogP contribution < -0.4 is 5.46 Å². The largest absolute Gasteiger partial charge is 0.488 e. The highest BCUT2D eigenvalue weighted by atomic mass is 79.9. The summed E-state index contributed by atoms with van der Waals surface area (Å²) in [6, 6.07) is 142. The minimum atomic E-state index is -1.49. The summed E-state index contributed by atoms with van der Waals surface area (Å²) >= 11 is 3.52. The summed E-state index contributed by atoms with van der Waals surface area (Å²) in [5.41, 5.74) is 39.5. The molecule has 0 saturated heterocycles. The van der Waals surface area contributed by atoms with E-state index in [1.165, 1.54) is 117 Å². The Morgan fingerprint density at radius 3 is 0.862 bits per heavy atom. The molecular weight excluding hydrogens is 1480 g/mol. The number of hydrogen-bond donors (Lipinski definition) is 2. The van der Waals surface area contributed by atoms with Crippen LogP contribution in [0, 0.1) is 13.8 Å². The van der Waals surface area contributed by atoms with Crippen molar-refractivity contribution in [1.29, 1.82) is 0 Å². The van der Waals surface area contributed by atoms with Crippen molar-refractivity contribution >= 4 is 28.5 Å². The van der Waals surface area contributed by atoms with E-state index < -0.39 is 12.5 Å². The van der Waals surface area contributed by atoms with Gasteiger partial charge in [-0.1, -0.05) is 385 Å². The zero-order valence-electron chi connectivity index (χ0n) is 63.7. The van der Waals surface area contributed by atoms with Crippen molar-refractivity contribution in [3.8, 4) is 146 Å². The van der Waals surface area contributed by atoms with E-state index >= 15 is 0 Å². The van der Waals surface area contributed by atoms with Crippen LogP contribution in [0.2, 0.25) is 0 Å². The number of rotatable bonds is 10. The summed E-state index contributed by atoms with van der Waals surface area (Å²) < 4.78 is 1.05. The van der Waals surface area contributed by atoms with E-state index in [2.05, 4.69) is 394 Å². The molecule has 8 heteroatoms. The molecule has 2 spiro atoms. The van der Waals surface area contributed by atoms with Crippen LogP contribution in [0.25, 0.3) is 146 Å². The van der Waals surface area contributed by atoms with Gasteiger partial charge in [0.05, 0.1) is 33.6 Å². The van der Waals surface area contributed by atoms with Gasteiger partial charge in [-0.3, -0.25) is 0 Å². The van der Waals surface area contributed by atoms with E-state index in [0.717, 1.165) is 83.1 Å². The minimum Gasteiger partial charge on any atom is -0.423 e. The Labute approximate surface area is 684 Å². The zero-order valence-corrected chi connectivity index (χ0v) is 65.3. The van der Waals surface area contributed by atoms with E-state index in [9.17, 15) is 10.0 Å². The molecule has 22 rings (SSSR count). The molecule has 0 saturated carbocycles. The predicted molar refractivity (Wildman–Crippen MR) is 479 cm³/mol. The average molecular weight is 1550 g/mol. The molecule has 0 aliphatic heterocycles. The highest BCUT2D eigenvalue weighted by Crippen LogP contribution is 2.65. The van der Waals surface area contributed by atoms with Gasteiger partial charge in [0.25, 0.3) is 0 Å². The molecule has 0 atom stereocenters. The van der Waals surface area contributed by atoms with E-state index in [-0.39, 0.29) is 5.41 Å². The lowest BCUT2D eigenvalue weighted by Crippen LogP contribution is -2.32. The fourth-order valence-electron chi connectivity index (χ4n) is 18.1. The Bertz CT molecular complexity index is 6640. The molecule has 16 aromatic carbocycles. The molecule has 4 aliphatic rings. The molecule has 6 nitrogen and oxygen atoms in total. The van der Waals surface area contributed by atoms with Crippen LogP contribution in [-0.4, -0.2) is 37.1 Å². The quantitative estimate of drug-likeness (QED) is 0.133. The molecule has 548 valence electrons. The van der Waals surface area contributed by atoms with Gasteiger partial charge in [0.2, 0.25) is 0 Å². The summed E-state index contributed by atoms with van der Waals surface area (Å²) in [5, 5.41) is 19.7. The third-order valence-corrected chi connectivity index (χ3v) is 24.1. The molecule has 116 heavy (non-hydrogen) atoms. The monoisotopic (exact) mass is 1550 g/mol. The summed E-state index contributed by atoms with van der Waals surface area (Å²) in [6.07, 6.45) is 0. The first-order valence-corrected chi connectivity index (χ1v) is 40.2. The third-order valence-electron chi connectivity index (χ3n) is 23.6. The van der Waals surface area contributed by atoms with Crippen LogP contribution >= 0.6 is 15.9 Å². The van der Waals surface area contributed by atoms with Crippen LogP contribution in [0.4, 0.5) is 0 Å².